The normalized spacial score (nSPS) is 16.7. The minimum atomic E-state index is -1.04. The molecule has 240 valence electrons. The maximum Gasteiger partial charge on any atom is 0.341 e. The van der Waals surface area contributed by atoms with E-state index in [1.807, 2.05) is 49.4 Å². The minimum Gasteiger partial charge on any atom is -0.462 e. The molecular weight excluding hydrogens is 598 g/mol. The van der Waals surface area contributed by atoms with E-state index in [0.29, 0.717) is 28.6 Å². The third-order valence-corrected chi connectivity index (χ3v) is 10.2. The van der Waals surface area contributed by atoms with Crippen LogP contribution in [0.15, 0.2) is 54.6 Å². The molecule has 1 aliphatic carbocycles. The van der Waals surface area contributed by atoms with Crippen LogP contribution in [0.3, 0.4) is 0 Å². The number of thiophene rings is 1. The number of nitrogens with zero attached hydrogens (tertiary/aromatic N) is 2. The Hall–Kier alpha value is -4.08. The molecule has 0 saturated carbocycles. The van der Waals surface area contributed by atoms with E-state index < -0.39 is 23.9 Å². The van der Waals surface area contributed by atoms with Gasteiger partial charge in [0.05, 0.1) is 23.3 Å². The first kappa shape index (κ1) is 31.9. The van der Waals surface area contributed by atoms with E-state index in [1.165, 1.54) is 16.9 Å². The minimum absolute atomic E-state index is 0.235. The van der Waals surface area contributed by atoms with Gasteiger partial charge in [-0.2, -0.15) is 0 Å². The van der Waals surface area contributed by atoms with Crippen molar-refractivity contribution in [2.24, 2.45) is 0 Å². The Morgan fingerprint density at radius 2 is 1.76 bits per heavy atom. The van der Waals surface area contributed by atoms with Crippen LogP contribution in [-0.2, 0) is 40.1 Å². The van der Waals surface area contributed by atoms with Crippen LogP contribution in [0, 0.1) is 0 Å². The summed E-state index contributed by atoms with van der Waals surface area (Å²) >= 11 is 1.42. The standard InChI is InChI=1S/C37H41N3O5S/c1-4-19-40-20-18-29-27(22-40)32(25-14-10-11-15-28(25)38-29)37(43)45-30(5-2)34(41)39-35-33(36(42)44-6-3)26-17-16-24(21-31(26)46-35)23-12-8-7-9-13-23/h7-15,24,30H,4-6,16-22H2,1-3H3,(H,39,41). The van der Waals surface area contributed by atoms with Crippen LogP contribution in [0.25, 0.3) is 10.9 Å². The largest absolute Gasteiger partial charge is 0.462 e. The van der Waals surface area contributed by atoms with Gasteiger partial charge < -0.3 is 14.8 Å². The molecule has 1 N–H and O–H groups in total. The van der Waals surface area contributed by atoms with Gasteiger partial charge in [-0.15, -0.1) is 11.3 Å². The average molecular weight is 640 g/mol. The molecule has 2 aromatic heterocycles. The highest BCUT2D eigenvalue weighted by Gasteiger charge is 2.33. The Morgan fingerprint density at radius 1 is 0.978 bits per heavy atom. The topological polar surface area (TPSA) is 97.8 Å². The lowest BCUT2D eigenvalue weighted by Gasteiger charge is -2.30. The summed E-state index contributed by atoms with van der Waals surface area (Å²) < 4.78 is 11.4. The van der Waals surface area contributed by atoms with Gasteiger partial charge in [0.2, 0.25) is 0 Å². The average Bonchev–Trinajstić information content (AvgIpc) is 3.43. The number of carbonyl (C=O) groups is 3. The number of para-hydroxylation sites is 1. The second kappa shape index (κ2) is 14.1. The molecule has 2 atom stereocenters. The molecule has 0 fully saturated rings. The van der Waals surface area contributed by atoms with Crippen LogP contribution >= 0.6 is 11.3 Å². The zero-order valence-corrected chi connectivity index (χ0v) is 27.6. The third kappa shape index (κ3) is 6.44. The van der Waals surface area contributed by atoms with Crippen LogP contribution < -0.4 is 5.32 Å². The van der Waals surface area contributed by atoms with Gasteiger partial charge in [-0.25, -0.2) is 9.59 Å². The Morgan fingerprint density at radius 3 is 2.52 bits per heavy atom. The number of esters is 2. The number of fused-ring (bicyclic) bond motifs is 3. The van der Waals surface area contributed by atoms with Gasteiger partial charge in [0.1, 0.15) is 5.00 Å². The van der Waals surface area contributed by atoms with Crippen LogP contribution in [0.4, 0.5) is 5.00 Å². The molecule has 6 rings (SSSR count). The van der Waals surface area contributed by atoms with E-state index in [0.717, 1.165) is 77.8 Å². The summed E-state index contributed by atoms with van der Waals surface area (Å²) in [5.41, 5.74) is 5.65. The van der Waals surface area contributed by atoms with Crippen molar-refractivity contribution in [3.63, 3.8) is 0 Å². The van der Waals surface area contributed by atoms with Gasteiger partial charge in [-0.3, -0.25) is 14.7 Å². The van der Waals surface area contributed by atoms with E-state index in [9.17, 15) is 14.4 Å². The summed E-state index contributed by atoms with van der Waals surface area (Å²) in [5, 5.41) is 4.16. The van der Waals surface area contributed by atoms with E-state index in [1.54, 1.807) is 6.92 Å². The van der Waals surface area contributed by atoms with Crippen molar-refractivity contribution in [1.82, 2.24) is 9.88 Å². The summed E-state index contributed by atoms with van der Waals surface area (Å²) in [6.45, 7) is 8.40. The SMILES string of the molecule is CCCN1CCc2nc3ccccc3c(C(=O)OC(CC)C(=O)Nc3sc4c(c3C(=O)OCC)CCC(c3ccccc3)C4)c2C1. The van der Waals surface area contributed by atoms with Gasteiger partial charge in [0.25, 0.3) is 5.91 Å². The molecule has 1 amide bonds. The first-order valence-electron chi connectivity index (χ1n) is 16.4. The van der Waals surface area contributed by atoms with Crippen molar-refractivity contribution < 1.29 is 23.9 Å². The zero-order valence-electron chi connectivity index (χ0n) is 26.8. The summed E-state index contributed by atoms with van der Waals surface area (Å²) in [5.74, 6) is -1.09. The van der Waals surface area contributed by atoms with Crippen LogP contribution in [-0.4, -0.2) is 53.5 Å². The van der Waals surface area contributed by atoms with E-state index in [4.69, 9.17) is 14.5 Å². The number of hydrogen-bond donors (Lipinski definition) is 1. The molecule has 4 aromatic rings. The Bertz CT molecular complexity index is 1750. The monoisotopic (exact) mass is 639 g/mol. The predicted octanol–water partition coefficient (Wildman–Crippen LogP) is 7.09. The highest BCUT2D eigenvalue weighted by atomic mass is 32.1. The number of anilines is 1. The van der Waals surface area contributed by atoms with Crippen molar-refractivity contribution in [1.29, 1.82) is 0 Å². The highest BCUT2D eigenvalue weighted by molar-refractivity contribution is 7.17. The van der Waals surface area contributed by atoms with Crippen molar-refractivity contribution in [2.75, 3.05) is 25.0 Å². The second-order valence-electron chi connectivity index (χ2n) is 12.0. The fourth-order valence-corrected chi connectivity index (χ4v) is 8.11. The molecule has 0 radical (unpaired) electrons. The van der Waals surface area contributed by atoms with Crippen molar-refractivity contribution >= 4 is 45.1 Å². The number of hydrogen-bond acceptors (Lipinski definition) is 8. The van der Waals surface area contributed by atoms with Crippen LogP contribution in [0.2, 0.25) is 0 Å². The molecule has 9 heteroatoms. The van der Waals surface area contributed by atoms with Crippen LogP contribution in [0.5, 0.6) is 0 Å². The number of nitrogens with one attached hydrogen (secondary N) is 1. The zero-order chi connectivity index (χ0) is 32.2. The molecule has 2 aromatic carbocycles. The third-order valence-electron chi connectivity index (χ3n) is 9.03. The number of aromatic nitrogens is 1. The van der Waals surface area contributed by atoms with Gasteiger partial charge in [-0.1, -0.05) is 62.4 Å². The van der Waals surface area contributed by atoms with Crippen LogP contribution in [0.1, 0.15) is 93.9 Å². The van der Waals surface area contributed by atoms with Crippen molar-refractivity contribution in [3.05, 3.63) is 93.0 Å². The second-order valence-corrected chi connectivity index (χ2v) is 13.1. The van der Waals surface area contributed by atoms with E-state index in [-0.39, 0.29) is 13.0 Å². The molecule has 0 spiro atoms. The molecule has 2 aliphatic rings. The molecular formula is C37H41N3O5S. The fraction of sp³-hybridized carbons (Fsp3) is 0.405. The van der Waals surface area contributed by atoms with Crippen molar-refractivity contribution in [3.8, 4) is 0 Å². The van der Waals surface area contributed by atoms with Gasteiger partial charge >= 0.3 is 11.9 Å². The molecule has 2 unspecified atom stereocenters. The lowest BCUT2D eigenvalue weighted by molar-refractivity contribution is -0.124. The molecule has 0 bridgehead atoms. The summed E-state index contributed by atoms with van der Waals surface area (Å²) in [6.07, 6.45) is 3.41. The van der Waals surface area contributed by atoms with Gasteiger partial charge in [0, 0.05) is 41.0 Å². The smallest absolute Gasteiger partial charge is 0.341 e. The predicted molar refractivity (Wildman–Crippen MR) is 181 cm³/mol. The Balaban J connectivity index is 1.27. The number of ether oxygens (including phenoxy) is 2. The Labute approximate surface area is 274 Å². The van der Waals surface area contributed by atoms with Crippen molar-refractivity contribution in [2.45, 2.75) is 77.9 Å². The maximum atomic E-state index is 14.0. The van der Waals surface area contributed by atoms with Gasteiger partial charge in [0.15, 0.2) is 6.10 Å². The molecule has 3 heterocycles. The number of amides is 1. The van der Waals surface area contributed by atoms with E-state index in [2.05, 4.69) is 29.3 Å². The number of pyridine rings is 1. The highest BCUT2D eigenvalue weighted by Crippen LogP contribution is 2.43. The Kier molecular flexibility index (Phi) is 9.80. The summed E-state index contributed by atoms with van der Waals surface area (Å²) in [7, 11) is 0. The number of rotatable bonds is 10. The lowest BCUT2D eigenvalue weighted by Crippen LogP contribution is -2.35. The molecule has 1 aliphatic heterocycles. The van der Waals surface area contributed by atoms with E-state index >= 15 is 0 Å². The first-order valence-corrected chi connectivity index (χ1v) is 17.2. The molecule has 46 heavy (non-hydrogen) atoms. The summed E-state index contributed by atoms with van der Waals surface area (Å²) in [4.78, 5) is 49.3. The quantitative estimate of drug-likeness (QED) is 0.185. The summed E-state index contributed by atoms with van der Waals surface area (Å²) in [6, 6.07) is 18.0. The van der Waals surface area contributed by atoms with Gasteiger partial charge in [-0.05, 0) is 68.7 Å². The molecule has 0 saturated heterocycles. The first-order chi connectivity index (χ1) is 22.4. The maximum absolute atomic E-state index is 14.0. The molecule has 8 nitrogen and oxygen atoms in total. The number of carbonyl (C=O) groups excluding carboxylic acids is 3. The lowest BCUT2D eigenvalue weighted by atomic mass is 9.83. The number of benzene rings is 2. The fourth-order valence-electron chi connectivity index (χ4n) is 6.79.